The Labute approximate surface area is 170 Å². The first-order valence-electron chi connectivity index (χ1n) is 9.25. The number of anilines is 1. The van der Waals surface area contributed by atoms with Crippen LogP contribution in [0.4, 0.5) is 5.69 Å². The number of benzene rings is 2. The van der Waals surface area contributed by atoms with E-state index in [0.29, 0.717) is 17.9 Å². The van der Waals surface area contributed by atoms with E-state index in [4.69, 9.17) is 4.74 Å². The van der Waals surface area contributed by atoms with Gasteiger partial charge in [0.05, 0.1) is 12.8 Å². The van der Waals surface area contributed by atoms with Crippen molar-refractivity contribution < 1.29 is 17.9 Å². The molecule has 0 N–H and O–H groups in total. The number of allylic oxidation sites excluding steroid dienone is 1. The van der Waals surface area contributed by atoms with Crippen LogP contribution in [0.5, 0.6) is 5.75 Å². The van der Waals surface area contributed by atoms with Gasteiger partial charge in [0.1, 0.15) is 11.4 Å². The van der Waals surface area contributed by atoms with Crippen LogP contribution in [0.1, 0.15) is 17.5 Å². The SMILES string of the molecule is COc1ccc(C2=NS(=O)(=O)N(C)C(C(=O)N3CCCc4ccccc43)=C2)cc1. The van der Waals surface area contributed by atoms with Crippen molar-refractivity contribution in [2.45, 2.75) is 12.8 Å². The van der Waals surface area contributed by atoms with Gasteiger partial charge in [-0.25, -0.2) is 4.31 Å². The normalized spacial score (nSPS) is 17.9. The molecule has 2 aromatic rings. The summed E-state index contributed by atoms with van der Waals surface area (Å²) in [5.41, 5.74) is 2.79. The Morgan fingerprint density at radius 2 is 1.83 bits per heavy atom. The monoisotopic (exact) mass is 411 g/mol. The smallest absolute Gasteiger partial charge is 0.345 e. The van der Waals surface area contributed by atoms with Gasteiger partial charge in [-0.05, 0) is 54.8 Å². The lowest BCUT2D eigenvalue weighted by molar-refractivity contribution is -0.116. The minimum atomic E-state index is -4.01. The highest BCUT2D eigenvalue weighted by Crippen LogP contribution is 2.30. The lowest BCUT2D eigenvalue weighted by Crippen LogP contribution is -2.43. The molecule has 150 valence electrons. The number of amides is 1. The molecule has 0 unspecified atom stereocenters. The van der Waals surface area contributed by atoms with Crippen molar-refractivity contribution in [2.24, 2.45) is 4.40 Å². The Hall–Kier alpha value is -3.13. The molecule has 8 heteroatoms. The van der Waals surface area contributed by atoms with Crippen molar-refractivity contribution in [1.29, 1.82) is 0 Å². The molecular formula is C21H21N3O4S. The second-order valence-electron chi connectivity index (χ2n) is 6.87. The number of hydrogen-bond acceptors (Lipinski definition) is 4. The third-order valence-corrected chi connectivity index (χ3v) is 6.45. The topological polar surface area (TPSA) is 79.3 Å². The van der Waals surface area contributed by atoms with E-state index in [1.54, 1.807) is 36.3 Å². The molecular weight excluding hydrogens is 390 g/mol. The predicted molar refractivity (Wildman–Crippen MR) is 111 cm³/mol. The molecule has 0 fully saturated rings. The summed E-state index contributed by atoms with van der Waals surface area (Å²) in [6, 6.07) is 14.6. The number of carbonyl (C=O) groups excluding carboxylic acids is 1. The van der Waals surface area contributed by atoms with Gasteiger partial charge in [-0.2, -0.15) is 8.42 Å². The van der Waals surface area contributed by atoms with Crippen molar-refractivity contribution in [2.75, 3.05) is 25.6 Å². The first-order chi connectivity index (χ1) is 13.9. The van der Waals surface area contributed by atoms with Gasteiger partial charge in [-0.1, -0.05) is 18.2 Å². The molecule has 0 radical (unpaired) electrons. The van der Waals surface area contributed by atoms with Crippen LogP contribution in [0.15, 0.2) is 64.7 Å². The summed E-state index contributed by atoms with van der Waals surface area (Å²) in [4.78, 5) is 15.0. The number of carbonyl (C=O) groups is 1. The number of ether oxygens (including phenoxy) is 1. The fourth-order valence-electron chi connectivity index (χ4n) is 3.53. The van der Waals surface area contributed by atoms with Crippen LogP contribution >= 0.6 is 0 Å². The second-order valence-corrected chi connectivity index (χ2v) is 8.49. The number of para-hydroxylation sites is 1. The molecule has 2 aliphatic rings. The van der Waals surface area contributed by atoms with Gasteiger partial charge in [0.15, 0.2) is 0 Å². The zero-order valence-electron chi connectivity index (χ0n) is 16.2. The number of aryl methyl sites for hydroxylation is 1. The fraction of sp³-hybridized carbons (Fsp3) is 0.238. The number of nitrogens with zero attached hydrogens (tertiary/aromatic N) is 3. The van der Waals surface area contributed by atoms with Crippen LogP contribution in [0, 0.1) is 0 Å². The number of rotatable bonds is 3. The van der Waals surface area contributed by atoms with E-state index in [1.165, 1.54) is 13.1 Å². The molecule has 0 saturated heterocycles. The zero-order valence-corrected chi connectivity index (χ0v) is 17.0. The highest BCUT2D eigenvalue weighted by Gasteiger charge is 2.34. The zero-order chi connectivity index (χ0) is 20.6. The summed E-state index contributed by atoms with van der Waals surface area (Å²) in [7, 11) is -1.10. The van der Waals surface area contributed by atoms with Crippen LogP contribution in [0.2, 0.25) is 0 Å². The summed E-state index contributed by atoms with van der Waals surface area (Å²) in [6.07, 6.45) is 3.25. The van der Waals surface area contributed by atoms with Crippen LogP contribution in [-0.2, 0) is 21.4 Å². The molecule has 2 aliphatic heterocycles. The van der Waals surface area contributed by atoms with Crippen molar-refractivity contribution >= 4 is 27.5 Å². The number of likely N-dealkylation sites (N-methyl/N-ethyl adjacent to an activating group) is 1. The lowest BCUT2D eigenvalue weighted by atomic mass is 10.0. The molecule has 2 heterocycles. The molecule has 0 aliphatic carbocycles. The van der Waals surface area contributed by atoms with Crippen LogP contribution in [-0.4, -0.2) is 45.0 Å². The summed E-state index contributed by atoms with van der Waals surface area (Å²) in [5, 5.41) is 0. The minimum Gasteiger partial charge on any atom is -0.497 e. The van der Waals surface area contributed by atoms with Crippen molar-refractivity contribution in [1.82, 2.24) is 4.31 Å². The van der Waals surface area contributed by atoms with Crippen LogP contribution in [0.3, 0.4) is 0 Å². The van der Waals surface area contributed by atoms with Crippen molar-refractivity contribution in [3.63, 3.8) is 0 Å². The van der Waals surface area contributed by atoms with E-state index in [-0.39, 0.29) is 17.3 Å². The molecule has 1 amide bonds. The minimum absolute atomic E-state index is 0.0718. The van der Waals surface area contributed by atoms with E-state index in [2.05, 4.69) is 4.40 Å². The molecule has 0 saturated carbocycles. The van der Waals surface area contributed by atoms with Gasteiger partial charge in [-0.3, -0.25) is 4.79 Å². The van der Waals surface area contributed by atoms with E-state index in [0.717, 1.165) is 28.4 Å². The lowest BCUT2D eigenvalue weighted by Gasteiger charge is -2.32. The van der Waals surface area contributed by atoms with Gasteiger partial charge in [-0.15, -0.1) is 4.40 Å². The third-order valence-electron chi connectivity index (χ3n) is 5.13. The number of hydrogen-bond donors (Lipinski definition) is 0. The molecule has 4 rings (SSSR count). The molecule has 29 heavy (non-hydrogen) atoms. The van der Waals surface area contributed by atoms with Gasteiger partial charge in [0, 0.05) is 24.8 Å². The van der Waals surface area contributed by atoms with Gasteiger partial charge in [0.2, 0.25) is 0 Å². The summed E-state index contributed by atoms with van der Waals surface area (Å²) >= 11 is 0. The quantitative estimate of drug-likeness (QED) is 0.778. The Bertz CT molecular complexity index is 1120. The summed E-state index contributed by atoms with van der Waals surface area (Å²) in [6.45, 7) is 0.538. The Kier molecular flexibility index (Phi) is 4.87. The maximum Gasteiger partial charge on any atom is 0.345 e. The van der Waals surface area contributed by atoms with Crippen LogP contribution < -0.4 is 9.64 Å². The second kappa shape index (κ2) is 7.36. The van der Waals surface area contributed by atoms with E-state index < -0.39 is 10.2 Å². The number of methoxy groups -OCH3 is 1. The predicted octanol–water partition coefficient (Wildman–Crippen LogP) is 2.54. The molecule has 0 aromatic heterocycles. The van der Waals surface area contributed by atoms with Crippen molar-refractivity contribution in [3.05, 3.63) is 71.4 Å². The molecule has 0 atom stereocenters. The average Bonchev–Trinajstić information content (AvgIpc) is 2.74. The highest BCUT2D eigenvalue weighted by molar-refractivity contribution is 7.88. The van der Waals surface area contributed by atoms with Gasteiger partial charge < -0.3 is 9.64 Å². The average molecular weight is 411 g/mol. The summed E-state index contributed by atoms with van der Waals surface area (Å²) in [5.74, 6) is 0.291. The first kappa shape index (κ1) is 19.2. The Morgan fingerprint density at radius 1 is 1.10 bits per heavy atom. The molecule has 7 nitrogen and oxygen atoms in total. The molecule has 0 bridgehead atoms. The maximum absolute atomic E-state index is 13.4. The molecule has 2 aromatic carbocycles. The Morgan fingerprint density at radius 3 is 2.55 bits per heavy atom. The van der Waals surface area contributed by atoms with E-state index >= 15 is 0 Å². The van der Waals surface area contributed by atoms with E-state index in [9.17, 15) is 13.2 Å². The maximum atomic E-state index is 13.4. The van der Waals surface area contributed by atoms with Crippen LogP contribution in [0.25, 0.3) is 0 Å². The van der Waals surface area contributed by atoms with Gasteiger partial charge >= 0.3 is 10.2 Å². The van der Waals surface area contributed by atoms with E-state index in [1.807, 2.05) is 24.3 Å². The largest absolute Gasteiger partial charge is 0.497 e. The third kappa shape index (κ3) is 3.51. The number of fused-ring (bicyclic) bond motifs is 1. The first-order valence-corrected chi connectivity index (χ1v) is 10.6. The Balaban J connectivity index is 1.75. The van der Waals surface area contributed by atoms with Gasteiger partial charge in [0.25, 0.3) is 5.91 Å². The fourth-order valence-corrected chi connectivity index (χ4v) is 4.44. The molecule has 0 spiro atoms. The highest BCUT2D eigenvalue weighted by atomic mass is 32.2. The van der Waals surface area contributed by atoms with Crippen molar-refractivity contribution in [3.8, 4) is 5.75 Å². The summed E-state index contributed by atoms with van der Waals surface area (Å²) < 4.78 is 35.2. The standard InChI is InChI=1S/C21H21N3O4S/c1-23-20(21(25)24-13-5-7-16-6-3-4-8-19(16)24)14-18(22-29(23,26)27)15-9-11-17(28-2)12-10-15/h3-4,6,8-12,14H,5,7,13H2,1-2H3.